The summed E-state index contributed by atoms with van der Waals surface area (Å²) in [5.41, 5.74) is 5.80. The first-order valence-electron chi connectivity index (χ1n) is 5.99. The smallest absolute Gasteiger partial charge is 0.158 e. The van der Waals surface area contributed by atoms with Crippen molar-refractivity contribution >= 4 is 11.6 Å². The van der Waals surface area contributed by atoms with Crippen LogP contribution >= 0.6 is 0 Å². The number of nitrogens with two attached hydrogens (primary N) is 1. The van der Waals surface area contributed by atoms with Gasteiger partial charge in [-0.05, 0) is 19.3 Å². The van der Waals surface area contributed by atoms with E-state index < -0.39 is 0 Å². The van der Waals surface area contributed by atoms with Gasteiger partial charge in [-0.15, -0.1) is 0 Å². The van der Waals surface area contributed by atoms with E-state index in [1.807, 2.05) is 6.07 Å². The second kappa shape index (κ2) is 4.87. The first-order chi connectivity index (χ1) is 8.10. The Hall–Kier alpha value is -1.36. The van der Waals surface area contributed by atoms with Crippen LogP contribution in [-0.4, -0.2) is 29.7 Å². The first-order valence-corrected chi connectivity index (χ1v) is 5.99. The van der Waals surface area contributed by atoms with Crippen molar-refractivity contribution in [2.75, 3.05) is 24.3 Å². The number of anilines is 2. The molecule has 94 valence electrons. The Kier molecular flexibility index (Phi) is 3.47. The van der Waals surface area contributed by atoms with E-state index in [1.54, 1.807) is 7.11 Å². The largest absolute Gasteiger partial charge is 0.384 e. The van der Waals surface area contributed by atoms with Crippen molar-refractivity contribution in [2.24, 2.45) is 5.92 Å². The van der Waals surface area contributed by atoms with Gasteiger partial charge in [-0.2, -0.15) is 0 Å². The third-order valence-corrected chi connectivity index (χ3v) is 3.13. The van der Waals surface area contributed by atoms with Gasteiger partial charge in [-0.3, -0.25) is 0 Å². The molecule has 0 aromatic carbocycles. The second-order valence-electron chi connectivity index (χ2n) is 4.84. The molecule has 2 atom stereocenters. The summed E-state index contributed by atoms with van der Waals surface area (Å²) in [5.74, 6) is 2.77. The van der Waals surface area contributed by atoms with E-state index in [2.05, 4.69) is 28.7 Å². The monoisotopic (exact) mass is 236 g/mol. The maximum absolute atomic E-state index is 5.80. The Morgan fingerprint density at radius 2 is 2.24 bits per heavy atom. The molecule has 17 heavy (non-hydrogen) atoms. The van der Waals surface area contributed by atoms with Crippen LogP contribution in [0.1, 0.15) is 26.1 Å². The molecule has 2 unspecified atom stereocenters. The van der Waals surface area contributed by atoms with E-state index in [0.717, 1.165) is 12.4 Å². The highest BCUT2D eigenvalue weighted by Crippen LogP contribution is 2.28. The fourth-order valence-electron chi connectivity index (χ4n) is 2.46. The first kappa shape index (κ1) is 12.1. The van der Waals surface area contributed by atoms with Gasteiger partial charge < -0.3 is 15.4 Å². The molecular formula is C12H20N4O. The maximum atomic E-state index is 5.80. The van der Waals surface area contributed by atoms with Crippen LogP contribution in [0.2, 0.25) is 0 Å². The number of aromatic nitrogens is 2. The summed E-state index contributed by atoms with van der Waals surface area (Å²) in [4.78, 5) is 10.9. The zero-order chi connectivity index (χ0) is 12.4. The number of nitrogens with zero attached hydrogens (tertiary/aromatic N) is 3. The van der Waals surface area contributed by atoms with E-state index in [-0.39, 0.29) is 0 Å². The van der Waals surface area contributed by atoms with Crippen molar-refractivity contribution in [2.45, 2.75) is 32.9 Å². The van der Waals surface area contributed by atoms with Crippen LogP contribution in [0.4, 0.5) is 11.6 Å². The number of hydrogen-bond acceptors (Lipinski definition) is 5. The zero-order valence-electron chi connectivity index (χ0n) is 10.7. The molecule has 0 saturated carbocycles. The lowest BCUT2D eigenvalue weighted by molar-refractivity contribution is 0.178. The van der Waals surface area contributed by atoms with Gasteiger partial charge >= 0.3 is 0 Å². The molecule has 5 heteroatoms. The summed E-state index contributed by atoms with van der Waals surface area (Å²) in [7, 11) is 1.63. The molecule has 0 amide bonds. The molecule has 0 radical (unpaired) electrons. The van der Waals surface area contributed by atoms with Crippen molar-refractivity contribution < 1.29 is 4.74 Å². The van der Waals surface area contributed by atoms with Crippen LogP contribution in [0, 0.1) is 5.92 Å². The van der Waals surface area contributed by atoms with Crippen LogP contribution in [-0.2, 0) is 11.3 Å². The van der Waals surface area contributed by atoms with Crippen LogP contribution in [0.5, 0.6) is 0 Å². The molecular weight excluding hydrogens is 216 g/mol. The molecule has 0 bridgehead atoms. The van der Waals surface area contributed by atoms with Crippen molar-refractivity contribution in [3.63, 3.8) is 0 Å². The summed E-state index contributed by atoms with van der Waals surface area (Å²) >= 11 is 0. The normalized spacial score (nSPS) is 24.3. The average molecular weight is 236 g/mol. The molecule has 1 aromatic rings. The molecule has 0 spiro atoms. The van der Waals surface area contributed by atoms with Crippen LogP contribution < -0.4 is 10.6 Å². The van der Waals surface area contributed by atoms with Gasteiger partial charge in [-0.25, -0.2) is 9.97 Å². The second-order valence-corrected chi connectivity index (χ2v) is 4.84. The summed E-state index contributed by atoms with van der Waals surface area (Å²) in [6.45, 7) is 5.91. The van der Waals surface area contributed by atoms with Gasteiger partial charge in [0.1, 0.15) is 18.2 Å². The molecule has 2 heterocycles. The predicted molar refractivity (Wildman–Crippen MR) is 67.7 cm³/mol. The minimum Gasteiger partial charge on any atom is -0.384 e. The number of methoxy groups -OCH3 is 1. The molecule has 1 aliphatic heterocycles. The van der Waals surface area contributed by atoms with Gasteiger partial charge in [-0.1, -0.05) is 6.92 Å². The summed E-state index contributed by atoms with van der Waals surface area (Å²) in [6.07, 6.45) is 1.20. The molecule has 1 fully saturated rings. The third kappa shape index (κ3) is 2.66. The summed E-state index contributed by atoms with van der Waals surface area (Å²) in [6, 6.07) is 2.35. The third-order valence-electron chi connectivity index (χ3n) is 3.13. The highest BCUT2D eigenvalue weighted by Gasteiger charge is 2.27. The standard InChI is InChI=1S/C12H20N4O/c1-8-4-9(2)16(6-8)12-5-10(13)14-11(15-12)7-17-3/h5,8-9H,4,6-7H2,1-3H3,(H2,13,14,15). The highest BCUT2D eigenvalue weighted by atomic mass is 16.5. The highest BCUT2D eigenvalue weighted by molar-refractivity contribution is 5.48. The van der Waals surface area contributed by atoms with Gasteiger partial charge in [0.15, 0.2) is 5.82 Å². The van der Waals surface area contributed by atoms with E-state index in [0.29, 0.717) is 30.2 Å². The minimum atomic E-state index is 0.399. The Bertz CT molecular complexity index is 396. The lowest BCUT2D eigenvalue weighted by atomic mass is 10.1. The van der Waals surface area contributed by atoms with Crippen molar-refractivity contribution in [1.29, 1.82) is 0 Å². The van der Waals surface area contributed by atoms with E-state index in [9.17, 15) is 0 Å². The zero-order valence-corrected chi connectivity index (χ0v) is 10.7. The van der Waals surface area contributed by atoms with Gasteiger partial charge in [0.25, 0.3) is 0 Å². The van der Waals surface area contributed by atoms with Crippen LogP contribution in [0.25, 0.3) is 0 Å². The average Bonchev–Trinajstić information content (AvgIpc) is 2.57. The van der Waals surface area contributed by atoms with Gasteiger partial charge in [0.2, 0.25) is 0 Å². The number of ether oxygens (including phenoxy) is 1. The van der Waals surface area contributed by atoms with Crippen LogP contribution in [0.15, 0.2) is 6.07 Å². The predicted octanol–water partition coefficient (Wildman–Crippen LogP) is 1.44. The lowest BCUT2D eigenvalue weighted by Crippen LogP contribution is -2.28. The molecule has 1 aromatic heterocycles. The molecule has 1 aliphatic rings. The van der Waals surface area contributed by atoms with Crippen LogP contribution in [0.3, 0.4) is 0 Å². The Morgan fingerprint density at radius 1 is 1.47 bits per heavy atom. The SMILES string of the molecule is COCc1nc(N)cc(N2CC(C)CC2C)n1. The molecule has 5 nitrogen and oxygen atoms in total. The van der Waals surface area contributed by atoms with Gasteiger partial charge in [0, 0.05) is 25.8 Å². The molecule has 2 rings (SSSR count). The molecule has 0 aliphatic carbocycles. The van der Waals surface area contributed by atoms with Gasteiger partial charge in [0.05, 0.1) is 0 Å². The fourth-order valence-corrected chi connectivity index (χ4v) is 2.46. The Labute approximate surface area is 102 Å². The Balaban J connectivity index is 2.25. The quantitative estimate of drug-likeness (QED) is 0.860. The topological polar surface area (TPSA) is 64.3 Å². The summed E-state index contributed by atoms with van der Waals surface area (Å²) < 4.78 is 5.05. The van der Waals surface area contributed by atoms with E-state index >= 15 is 0 Å². The van der Waals surface area contributed by atoms with Crippen molar-refractivity contribution in [1.82, 2.24) is 9.97 Å². The van der Waals surface area contributed by atoms with E-state index in [1.165, 1.54) is 6.42 Å². The van der Waals surface area contributed by atoms with E-state index in [4.69, 9.17) is 10.5 Å². The number of rotatable bonds is 3. The van der Waals surface area contributed by atoms with Crippen molar-refractivity contribution in [3.05, 3.63) is 11.9 Å². The Morgan fingerprint density at radius 3 is 2.82 bits per heavy atom. The fraction of sp³-hybridized carbons (Fsp3) is 0.667. The summed E-state index contributed by atoms with van der Waals surface area (Å²) in [5, 5.41) is 0. The molecule has 1 saturated heterocycles. The maximum Gasteiger partial charge on any atom is 0.158 e. The molecule has 2 N–H and O–H groups in total. The minimum absolute atomic E-state index is 0.399. The number of hydrogen-bond donors (Lipinski definition) is 1. The number of nitrogen functional groups attached to an aromatic ring is 1. The van der Waals surface area contributed by atoms with Crippen molar-refractivity contribution in [3.8, 4) is 0 Å². The lowest BCUT2D eigenvalue weighted by Gasteiger charge is -2.23.